The highest BCUT2D eigenvalue weighted by atomic mass is 15.1. The monoisotopic (exact) mass is 249 g/mol. The zero-order valence-electron chi connectivity index (χ0n) is 12.1. The standard InChI is InChI=1S/C15H27N3/c1-4-16-12(2)15-11-18(13(3)17-15)10-9-14-7-5-6-8-14/h11-12,14,16H,4-10H2,1-3H3. The molecule has 1 aromatic rings. The molecule has 3 heteroatoms. The molecule has 1 atom stereocenters. The van der Waals surface area contributed by atoms with E-state index in [1.807, 2.05) is 0 Å². The molecule has 2 rings (SSSR count). The lowest BCUT2D eigenvalue weighted by molar-refractivity contribution is 0.454. The smallest absolute Gasteiger partial charge is 0.105 e. The molecule has 0 radical (unpaired) electrons. The first-order valence-electron chi connectivity index (χ1n) is 7.47. The van der Waals surface area contributed by atoms with Gasteiger partial charge < -0.3 is 9.88 Å². The third kappa shape index (κ3) is 3.35. The van der Waals surface area contributed by atoms with Crippen molar-refractivity contribution in [2.75, 3.05) is 6.54 Å². The van der Waals surface area contributed by atoms with Crippen LogP contribution in [0.25, 0.3) is 0 Å². The fourth-order valence-corrected chi connectivity index (χ4v) is 3.00. The molecule has 3 nitrogen and oxygen atoms in total. The summed E-state index contributed by atoms with van der Waals surface area (Å²) >= 11 is 0. The van der Waals surface area contributed by atoms with Gasteiger partial charge in [0, 0.05) is 18.8 Å². The molecule has 1 aliphatic carbocycles. The Bertz CT molecular complexity index is 364. The van der Waals surface area contributed by atoms with E-state index in [0.29, 0.717) is 6.04 Å². The first kappa shape index (κ1) is 13.6. The zero-order valence-corrected chi connectivity index (χ0v) is 12.1. The molecule has 1 aromatic heterocycles. The second-order valence-electron chi connectivity index (χ2n) is 5.62. The van der Waals surface area contributed by atoms with Gasteiger partial charge in [0.25, 0.3) is 0 Å². The maximum Gasteiger partial charge on any atom is 0.105 e. The normalized spacial score (nSPS) is 18.4. The summed E-state index contributed by atoms with van der Waals surface area (Å²) in [5, 5.41) is 3.42. The van der Waals surface area contributed by atoms with E-state index in [1.54, 1.807) is 0 Å². The minimum Gasteiger partial charge on any atom is -0.335 e. The highest BCUT2D eigenvalue weighted by molar-refractivity contribution is 5.07. The van der Waals surface area contributed by atoms with Gasteiger partial charge in [-0.05, 0) is 32.7 Å². The Balaban J connectivity index is 1.91. The van der Waals surface area contributed by atoms with Crippen LogP contribution in [0.15, 0.2) is 6.20 Å². The van der Waals surface area contributed by atoms with E-state index in [2.05, 4.69) is 41.8 Å². The Labute approximate surface area is 111 Å². The summed E-state index contributed by atoms with van der Waals surface area (Å²) in [6, 6.07) is 0.362. The number of imidazole rings is 1. The van der Waals surface area contributed by atoms with Crippen molar-refractivity contribution < 1.29 is 0 Å². The molecule has 1 saturated carbocycles. The summed E-state index contributed by atoms with van der Waals surface area (Å²) in [4.78, 5) is 4.67. The second kappa shape index (κ2) is 6.37. The van der Waals surface area contributed by atoms with Crippen LogP contribution in [0.4, 0.5) is 0 Å². The summed E-state index contributed by atoms with van der Waals surface area (Å²) in [5.41, 5.74) is 1.18. The maximum absolute atomic E-state index is 4.67. The van der Waals surface area contributed by atoms with E-state index in [4.69, 9.17) is 0 Å². The van der Waals surface area contributed by atoms with Crippen LogP contribution in [-0.4, -0.2) is 16.1 Å². The largest absolute Gasteiger partial charge is 0.335 e. The molecule has 0 aromatic carbocycles. The van der Waals surface area contributed by atoms with Crippen LogP contribution in [0.3, 0.4) is 0 Å². The van der Waals surface area contributed by atoms with Crippen molar-refractivity contribution in [2.24, 2.45) is 5.92 Å². The van der Waals surface area contributed by atoms with Gasteiger partial charge in [-0.25, -0.2) is 4.98 Å². The van der Waals surface area contributed by atoms with Crippen LogP contribution in [0.5, 0.6) is 0 Å². The Morgan fingerprint density at radius 3 is 2.83 bits per heavy atom. The topological polar surface area (TPSA) is 29.9 Å². The number of hydrogen-bond acceptors (Lipinski definition) is 2. The average molecular weight is 249 g/mol. The summed E-state index contributed by atoms with van der Waals surface area (Å²) in [5.74, 6) is 2.12. The van der Waals surface area contributed by atoms with E-state index < -0.39 is 0 Å². The highest BCUT2D eigenvalue weighted by Crippen LogP contribution is 2.28. The minimum absolute atomic E-state index is 0.362. The molecule has 0 saturated heterocycles. The van der Waals surface area contributed by atoms with Crippen molar-refractivity contribution in [3.63, 3.8) is 0 Å². The first-order chi connectivity index (χ1) is 8.70. The Hall–Kier alpha value is -0.830. The third-order valence-corrected chi connectivity index (χ3v) is 4.20. The Morgan fingerprint density at radius 1 is 1.44 bits per heavy atom. The molecule has 1 aliphatic rings. The molecule has 0 amide bonds. The number of aryl methyl sites for hydroxylation is 2. The number of hydrogen-bond donors (Lipinski definition) is 1. The van der Waals surface area contributed by atoms with Crippen LogP contribution >= 0.6 is 0 Å². The summed E-state index contributed by atoms with van der Waals surface area (Å²) in [6.07, 6.45) is 9.32. The van der Waals surface area contributed by atoms with Crippen LogP contribution in [-0.2, 0) is 6.54 Å². The van der Waals surface area contributed by atoms with Gasteiger partial charge >= 0.3 is 0 Å². The molecular weight excluding hydrogens is 222 g/mol. The second-order valence-corrected chi connectivity index (χ2v) is 5.62. The molecule has 1 heterocycles. The molecule has 1 N–H and O–H groups in total. The van der Waals surface area contributed by atoms with Crippen LogP contribution in [0, 0.1) is 12.8 Å². The Morgan fingerprint density at radius 2 is 2.17 bits per heavy atom. The van der Waals surface area contributed by atoms with Gasteiger partial charge in [-0.3, -0.25) is 0 Å². The molecule has 0 aliphatic heterocycles. The fourth-order valence-electron chi connectivity index (χ4n) is 3.00. The minimum atomic E-state index is 0.362. The van der Waals surface area contributed by atoms with Crippen molar-refractivity contribution in [3.8, 4) is 0 Å². The van der Waals surface area contributed by atoms with Crippen LogP contribution in [0.2, 0.25) is 0 Å². The van der Waals surface area contributed by atoms with Crippen molar-refractivity contribution >= 4 is 0 Å². The van der Waals surface area contributed by atoms with E-state index in [1.165, 1.54) is 37.8 Å². The molecule has 18 heavy (non-hydrogen) atoms. The summed E-state index contributed by atoms with van der Waals surface area (Å²) in [7, 11) is 0. The van der Waals surface area contributed by atoms with E-state index >= 15 is 0 Å². The fraction of sp³-hybridized carbons (Fsp3) is 0.800. The number of nitrogens with one attached hydrogen (secondary N) is 1. The predicted molar refractivity (Wildman–Crippen MR) is 75.6 cm³/mol. The van der Waals surface area contributed by atoms with Crippen LogP contribution in [0.1, 0.15) is 63.5 Å². The quantitative estimate of drug-likeness (QED) is 0.837. The lowest BCUT2D eigenvalue weighted by Gasteiger charge is -2.10. The maximum atomic E-state index is 4.67. The average Bonchev–Trinajstić information content (AvgIpc) is 2.96. The first-order valence-corrected chi connectivity index (χ1v) is 7.47. The lowest BCUT2D eigenvalue weighted by atomic mass is 10.0. The highest BCUT2D eigenvalue weighted by Gasteiger charge is 2.16. The summed E-state index contributed by atoms with van der Waals surface area (Å²) < 4.78 is 2.33. The molecule has 0 bridgehead atoms. The number of aromatic nitrogens is 2. The molecule has 1 fully saturated rings. The SMILES string of the molecule is CCNC(C)c1cn(CCC2CCCC2)c(C)n1. The zero-order chi connectivity index (χ0) is 13.0. The molecule has 1 unspecified atom stereocenters. The Kier molecular flexibility index (Phi) is 4.81. The molecular formula is C15H27N3. The van der Waals surface area contributed by atoms with E-state index in [-0.39, 0.29) is 0 Å². The van der Waals surface area contributed by atoms with Crippen molar-refractivity contribution in [2.45, 2.75) is 65.5 Å². The van der Waals surface area contributed by atoms with Gasteiger partial charge in [-0.15, -0.1) is 0 Å². The van der Waals surface area contributed by atoms with Gasteiger partial charge in [-0.1, -0.05) is 32.6 Å². The number of nitrogens with zero attached hydrogens (tertiary/aromatic N) is 2. The van der Waals surface area contributed by atoms with Crippen molar-refractivity contribution in [1.29, 1.82) is 0 Å². The van der Waals surface area contributed by atoms with Crippen molar-refractivity contribution in [3.05, 3.63) is 17.7 Å². The van der Waals surface area contributed by atoms with E-state index in [9.17, 15) is 0 Å². The predicted octanol–water partition coefficient (Wildman–Crippen LogP) is 3.44. The van der Waals surface area contributed by atoms with E-state index in [0.717, 1.165) is 24.8 Å². The summed E-state index contributed by atoms with van der Waals surface area (Å²) in [6.45, 7) is 8.58. The third-order valence-electron chi connectivity index (χ3n) is 4.20. The molecule has 102 valence electrons. The lowest BCUT2D eigenvalue weighted by Crippen LogP contribution is -2.17. The van der Waals surface area contributed by atoms with Crippen LogP contribution < -0.4 is 5.32 Å². The van der Waals surface area contributed by atoms with Gasteiger partial charge in [0.1, 0.15) is 5.82 Å². The number of rotatable bonds is 6. The van der Waals surface area contributed by atoms with Gasteiger partial charge in [0.2, 0.25) is 0 Å². The van der Waals surface area contributed by atoms with Gasteiger partial charge in [-0.2, -0.15) is 0 Å². The van der Waals surface area contributed by atoms with Gasteiger partial charge in [0.05, 0.1) is 5.69 Å². The molecule has 0 spiro atoms. The van der Waals surface area contributed by atoms with Crippen molar-refractivity contribution in [1.82, 2.24) is 14.9 Å². The van der Waals surface area contributed by atoms with Gasteiger partial charge in [0.15, 0.2) is 0 Å².